The van der Waals surface area contributed by atoms with Crippen LogP contribution < -0.4 is 11.5 Å². The first-order chi connectivity index (χ1) is 7.20. The Bertz CT molecular complexity index is 362. The number of rotatable bonds is 2. The second kappa shape index (κ2) is 3.85. The quantitative estimate of drug-likeness (QED) is 0.567. The van der Waals surface area contributed by atoms with E-state index in [1.54, 1.807) is 4.90 Å². The number of aromatic amines is 1. The van der Waals surface area contributed by atoms with Crippen molar-refractivity contribution in [3.63, 3.8) is 0 Å². The lowest BCUT2D eigenvalue weighted by Gasteiger charge is -2.13. The molecule has 7 heteroatoms. The Morgan fingerprint density at radius 2 is 2.47 bits per heavy atom. The van der Waals surface area contributed by atoms with Crippen molar-refractivity contribution in [2.24, 2.45) is 11.7 Å². The van der Waals surface area contributed by atoms with Crippen LogP contribution in [-0.2, 0) is 0 Å². The Labute approximate surface area is 86.8 Å². The fraction of sp³-hybridized carbons (Fsp3) is 0.625. The van der Waals surface area contributed by atoms with E-state index in [-0.39, 0.29) is 17.7 Å². The lowest BCUT2D eigenvalue weighted by atomic mass is 10.1. The molecule has 1 unspecified atom stereocenters. The molecule has 1 aromatic rings. The van der Waals surface area contributed by atoms with Gasteiger partial charge in [-0.3, -0.25) is 9.89 Å². The zero-order valence-electron chi connectivity index (χ0n) is 8.31. The van der Waals surface area contributed by atoms with Crippen molar-refractivity contribution < 1.29 is 4.79 Å². The van der Waals surface area contributed by atoms with Crippen LogP contribution in [0.5, 0.6) is 0 Å². The number of anilines is 1. The summed E-state index contributed by atoms with van der Waals surface area (Å²) in [5.41, 5.74) is 10.9. The maximum atomic E-state index is 11.8. The molecule has 0 aromatic carbocycles. The monoisotopic (exact) mass is 210 g/mol. The molecule has 1 amide bonds. The normalized spacial score (nSPS) is 20.9. The van der Waals surface area contributed by atoms with Crippen LogP contribution in [0.15, 0.2) is 0 Å². The summed E-state index contributed by atoms with van der Waals surface area (Å²) in [6.07, 6.45) is 0.950. The lowest BCUT2D eigenvalue weighted by molar-refractivity contribution is 0.0776. The Morgan fingerprint density at radius 3 is 3.00 bits per heavy atom. The average Bonchev–Trinajstić information content (AvgIpc) is 2.84. The van der Waals surface area contributed by atoms with Gasteiger partial charge in [0.15, 0.2) is 0 Å². The van der Waals surface area contributed by atoms with Crippen molar-refractivity contribution in [3.8, 4) is 0 Å². The van der Waals surface area contributed by atoms with Crippen LogP contribution in [0.1, 0.15) is 17.0 Å². The standard InChI is InChI=1S/C8H14N6O/c9-3-5-1-2-14(4-5)7(15)6-11-8(10)13-12-6/h5H,1-4,9H2,(H3,10,11,12,13). The number of nitrogens with one attached hydrogen (secondary N) is 1. The van der Waals surface area contributed by atoms with E-state index in [4.69, 9.17) is 11.5 Å². The molecule has 1 atom stereocenters. The highest BCUT2D eigenvalue weighted by atomic mass is 16.2. The molecule has 0 bridgehead atoms. The molecular weight excluding hydrogens is 196 g/mol. The van der Waals surface area contributed by atoms with E-state index >= 15 is 0 Å². The second-order valence-electron chi connectivity index (χ2n) is 3.68. The highest BCUT2D eigenvalue weighted by molar-refractivity contribution is 5.90. The number of H-pyrrole nitrogens is 1. The van der Waals surface area contributed by atoms with Crippen molar-refractivity contribution in [1.29, 1.82) is 0 Å². The molecule has 0 aliphatic carbocycles. The van der Waals surface area contributed by atoms with E-state index < -0.39 is 0 Å². The summed E-state index contributed by atoms with van der Waals surface area (Å²) in [6, 6.07) is 0. The van der Waals surface area contributed by atoms with Gasteiger partial charge in [0.25, 0.3) is 5.91 Å². The number of nitrogens with two attached hydrogens (primary N) is 2. The minimum Gasteiger partial charge on any atom is -0.366 e. The predicted molar refractivity (Wildman–Crippen MR) is 53.9 cm³/mol. The molecule has 15 heavy (non-hydrogen) atoms. The molecule has 5 N–H and O–H groups in total. The molecule has 7 nitrogen and oxygen atoms in total. The molecule has 1 aromatic heterocycles. The first kappa shape index (κ1) is 9.91. The van der Waals surface area contributed by atoms with Crippen LogP contribution in [0.3, 0.4) is 0 Å². The molecule has 1 aliphatic rings. The molecule has 0 saturated carbocycles. The summed E-state index contributed by atoms with van der Waals surface area (Å²) in [5, 5.41) is 6.12. The second-order valence-corrected chi connectivity index (χ2v) is 3.68. The summed E-state index contributed by atoms with van der Waals surface area (Å²) in [6.45, 7) is 2.03. The van der Waals surface area contributed by atoms with E-state index in [9.17, 15) is 4.79 Å². The number of nitrogens with zero attached hydrogens (tertiary/aromatic N) is 3. The van der Waals surface area contributed by atoms with Crippen molar-refractivity contribution in [1.82, 2.24) is 20.1 Å². The van der Waals surface area contributed by atoms with Crippen LogP contribution in [0, 0.1) is 5.92 Å². The smallest absolute Gasteiger partial charge is 0.291 e. The molecule has 2 rings (SSSR count). The van der Waals surface area contributed by atoms with Gasteiger partial charge in [0, 0.05) is 13.1 Å². The summed E-state index contributed by atoms with van der Waals surface area (Å²) < 4.78 is 0. The topological polar surface area (TPSA) is 114 Å². The van der Waals surface area contributed by atoms with Crippen molar-refractivity contribution in [2.45, 2.75) is 6.42 Å². The zero-order valence-corrected chi connectivity index (χ0v) is 8.31. The molecule has 2 heterocycles. The fourth-order valence-electron chi connectivity index (χ4n) is 1.73. The van der Waals surface area contributed by atoms with Gasteiger partial charge in [0.1, 0.15) is 0 Å². The number of amides is 1. The largest absolute Gasteiger partial charge is 0.366 e. The Hall–Kier alpha value is -1.63. The first-order valence-corrected chi connectivity index (χ1v) is 4.88. The zero-order chi connectivity index (χ0) is 10.8. The molecular formula is C8H14N6O. The number of aromatic nitrogens is 3. The van der Waals surface area contributed by atoms with E-state index in [1.807, 2.05) is 0 Å². The van der Waals surface area contributed by atoms with E-state index in [1.165, 1.54) is 0 Å². The van der Waals surface area contributed by atoms with Gasteiger partial charge in [-0.1, -0.05) is 0 Å². The van der Waals surface area contributed by atoms with Crippen LogP contribution >= 0.6 is 0 Å². The SMILES string of the molecule is NCC1CCN(C(=O)c2nc(N)n[nH]2)C1. The summed E-state index contributed by atoms with van der Waals surface area (Å²) >= 11 is 0. The Balaban J connectivity index is 2.03. The third kappa shape index (κ3) is 1.91. The number of carbonyl (C=O) groups excluding carboxylic acids is 1. The highest BCUT2D eigenvalue weighted by Gasteiger charge is 2.27. The fourth-order valence-corrected chi connectivity index (χ4v) is 1.73. The van der Waals surface area contributed by atoms with Crippen LogP contribution in [0.25, 0.3) is 0 Å². The Kier molecular flexibility index (Phi) is 2.55. The van der Waals surface area contributed by atoms with Gasteiger partial charge in [-0.05, 0) is 18.9 Å². The molecule has 1 fully saturated rings. The van der Waals surface area contributed by atoms with Gasteiger partial charge in [-0.15, -0.1) is 5.10 Å². The van der Waals surface area contributed by atoms with E-state index in [0.717, 1.165) is 13.0 Å². The average molecular weight is 210 g/mol. The van der Waals surface area contributed by atoms with Gasteiger partial charge >= 0.3 is 0 Å². The minimum atomic E-state index is -0.157. The Morgan fingerprint density at radius 1 is 1.67 bits per heavy atom. The highest BCUT2D eigenvalue weighted by Crippen LogP contribution is 2.16. The van der Waals surface area contributed by atoms with E-state index in [0.29, 0.717) is 19.0 Å². The summed E-state index contributed by atoms with van der Waals surface area (Å²) in [5.74, 6) is 0.530. The van der Waals surface area contributed by atoms with Crippen molar-refractivity contribution >= 4 is 11.9 Å². The van der Waals surface area contributed by atoms with Crippen molar-refractivity contribution in [2.75, 3.05) is 25.4 Å². The number of carbonyl (C=O) groups is 1. The van der Waals surface area contributed by atoms with Crippen LogP contribution in [-0.4, -0.2) is 45.6 Å². The molecule has 0 radical (unpaired) electrons. The van der Waals surface area contributed by atoms with Gasteiger partial charge in [-0.2, -0.15) is 4.98 Å². The minimum absolute atomic E-state index is 0.0907. The third-order valence-corrected chi connectivity index (χ3v) is 2.61. The van der Waals surface area contributed by atoms with Gasteiger partial charge in [-0.25, -0.2) is 0 Å². The van der Waals surface area contributed by atoms with Crippen molar-refractivity contribution in [3.05, 3.63) is 5.82 Å². The number of hydrogen-bond donors (Lipinski definition) is 3. The van der Waals surface area contributed by atoms with Crippen LogP contribution in [0.4, 0.5) is 5.95 Å². The van der Waals surface area contributed by atoms with E-state index in [2.05, 4.69) is 15.2 Å². The molecule has 1 aliphatic heterocycles. The third-order valence-electron chi connectivity index (χ3n) is 2.61. The van der Waals surface area contributed by atoms with Crippen LogP contribution in [0.2, 0.25) is 0 Å². The predicted octanol–water partition coefficient (Wildman–Crippen LogP) is -1.19. The first-order valence-electron chi connectivity index (χ1n) is 4.88. The summed E-state index contributed by atoms with van der Waals surface area (Å²) in [4.78, 5) is 17.3. The van der Waals surface area contributed by atoms with Gasteiger partial charge in [0.05, 0.1) is 0 Å². The molecule has 82 valence electrons. The number of likely N-dealkylation sites (tertiary alicyclic amines) is 1. The maximum absolute atomic E-state index is 11.8. The number of nitrogen functional groups attached to an aromatic ring is 1. The maximum Gasteiger partial charge on any atom is 0.291 e. The van der Waals surface area contributed by atoms with Gasteiger partial charge in [0.2, 0.25) is 11.8 Å². The molecule has 1 saturated heterocycles. The molecule has 0 spiro atoms. The van der Waals surface area contributed by atoms with Gasteiger partial charge < -0.3 is 16.4 Å². The summed E-state index contributed by atoms with van der Waals surface area (Å²) in [7, 11) is 0. The number of hydrogen-bond acceptors (Lipinski definition) is 5. The lowest BCUT2D eigenvalue weighted by Crippen LogP contribution is -2.30.